The van der Waals surface area contributed by atoms with Crippen LogP contribution in [0.5, 0.6) is 0 Å². The molecule has 1 heterocycles. The van der Waals surface area contributed by atoms with E-state index in [1.165, 1.54) is 4.90 Å². The first-order valence-electron chi connectivity index (χ1n) is 11.5. The number of carboxylic acids is 2. The van der Waals surface area contributed by atoms with Gasteiger partial charge in [-0.15, -0.1) is 0 Å². The number of aliphatic carboxylic acids is 2. The van der Waals surface area contributed by atoms with E-state index in [0.29, 0.717) is 26.2 Å². The summed E-state index contributed by atoms with van der Waals surface area (Å²) in [6, 6.07) is 19.1. The summed E-state index contributed by atoms with van der Waals surface area (Å²) in [5, 5.41) is 17.3. The summed E-state index contributed by atoms with van der Waals surface area (Å²) in [7, 11) is -1.00. The van der Waals surface area contributed by atoms with Gasteiger partial charge in [0.1, 0.15) is 0 Å². The molecule has 4 N–H and O–H groups in total. The Labute approximate surface area is 223 Å². The first-order valence-corrected chi connectivity index (χ1v) is 10.8. The van der Waals surface area contributed by atoms with Crippen molar-refractivity contribution in [1.82, 2.24) is 9.80 Å². The molecule has 1 fully saturated rings. The normalized spacial score (nSPS) is 12.6. The van der Waals surface area contributed by atoms with Crippen LogP contribution in [-0.2, 0) is 41.9 Å². The molecule has 0 amide bonds. The van der Waals surface area contributed by atoms with E-state index >= 15 is 0 Å². The molecule has 2 aromatic carbocycles. The molecule has 0 unspecified atom stereocenters. The summed E-state index contributed by atoms with van der Waals surface area (Å²) in [5.41, 5.74) is 2.03. The van der Waals surface area contributed by atoms with E-state index in [1.54, 1.807) is 0 Å². The van der Waals surface area contributed by atoms with Crippen molar-refractivity contribution >= 4 is 30.0 Å². The maximum atomic E-state index is 11.2. The molecule has 1 saturated heterocycles. The molecular weight excluding hydrogens is 501 g/mol. The SMILES string of the molecule is C.NOC=O.O=C(O)CN(CC(=O)O)Cc1ccccc1.O=C1CC(=O)CN(Cc2ccccc2)C1.[2H]CF. The number of hydrogen-bond donors (Lipinski definition) is 3. The number of Topliss-reactive ketones (excluding diaryl/α,β-unsaturated/α-hetero) is 2. The Morgan fingerprint density at radius 1 is 1.00 bits per heavy atom. The Kier molecular flexibility index (Phi) is 19.9. The summed E-state index contributed by atoms with van der Waals surface area (Å²) < 4.78 is 15.5. The highest BCUT2D eigenvalue weighted by Crippen LogP contribution is 2.09. The fourth-order valence-corrected chi connectivity index (χ4v) is 3.23. The predicted molar refractivity (Wildman–Crippen MR) is 138 cm³/mol. The number of nitrogens with two attached hydrogens (primary N) is 1. The van der Waals surface area contributed by atoms with E-state index in [1.807, 2.05) is 65.6 Å². The fourth-order valence-electron chi connectivity index (χ4n) is 3.23. The van der Waals surface area contributed by atoms with E-state index < -0.39 is 19.1 Å². The average Bonchev–Trinajstić information content (AvgIpc) is 2.85. The van der Waals surface area contributed by atoms with Crippen LogP contribution in [0.2, 0.25) is 0 Å². The molecule has 3 rings (SSSR count). The van der Waals surface area contributed by atoms with Crippen molar-refractivity contribution in [2.75, 3.05) is 33.3 Å². The Morgan fingerprint density at radius 3 is 1.76 bits per heavy atom. The van der Waals surface area contributed by atoms with Crippen LogP contribution in [0.15, 0.2) is 60.7 Å². The molecule has 12 heteroatoms. The molecule has 0 aromatic heterocycles. The number of hydrogen-bond acceptors (Lipinski definition) is 9. The third-order valence-electron chi connectivity index (χ3n) is 4.47. The Hall–Kier alpha value is -4.00. The first kappa shape index (κ1) is 34.0. The van der Waals surface area contributed by atoms with Gasteiger partial charge in [0.25, 0.3) is 0 Å². The van der Waals surface area contributed by atoms with Gasteiger partial charge < -0.3 is 15.1 Å². The Bertz CT molecular complexity index is 952. The second-order valence-electron chi connectivity index (χ2n) is 7.54. The van der Waals surface area contributed by atoms with Crippen LogP contribution in [0.3, 0.4) is 0 Å². The van der Waals surface area contributed by atoms with Crippen LogP contribution in [0.25, 0.3) is 0 Å². The number of carbonyl (C=O) groups is 5. The quantitative estimate of drug-likeness (QED) is 0.242. The fraction of sp³-hybridized carbons (Fsp3) is 0.346. The van der Waals surface area contributed by atoms with E-state index in [9.17, 15) is 23.6 Å². The average molecular weight is 539 g/mol. The summed E-state index contributed by atoms with van der Waals surface area (Å²) in [4.78, 5) is 59.0. The molecule has 0 saturated carbocycles. The minimum Gasteiger partial charge on any atom is -0.480 e. The van der Waals surface area contributed by atoms with Crippen molar-refractivity contribution in [3.8, 4) is 0 Å². The molecule has 11 nitrogen and oxygen atoms in total. The zero-order valence-corrected chi connectivity index (χ0v) is 20.2. The third kappa shape index (κ3) is 18.3. The number of rotatable bonds is 9. The van der Waals surface area contributed by atoms with E-state index in [-0.39, 0.29) is 45.0 Å². The van der Waals surface area contributed by atoms with Crippen molar-refractivity contribution in [3.05, 3.63) is 71.8 Å². The molecule has 0 atom stereocenters. The molecule has 0 bridgehead atoms. The summed E-state index contributed by atoms with van der Waals surface area (Å²) in [5.74, 6) is 2.16. The highest BCUT2D eigenvalue weighted by atomic mass is 19.1. The van der Waals surface area contributed by atoms with Gasteiger partial charge >= 0.3 is 18.4 Å². The summed E-state index contributed by atoms with van der Waals surface area (Å²) >= 11 is 0. The molecular formula is C26H36FN3O8. The smallest absolute Gasteiger partial charge is 0.317 e. The second-order valence-corrected chi connectivity index (χ2v) is 7.54. The largest absolute Gasteiger partial charge is 0.480 e. The van der Waals surface area contributed by atoms with Gasteiger partial charge in [-0.1, -0.05) is 68.1 Å². The van der Waals surface area contributed by atoms with Crippen molar-refractivity contribution in [3.63, 3.8) is 0 Å². The molecule has 0 aliphatic carbocycles. The number of halogens is 1. The van der Waals surface area contributed by atoms with Gasteiger partial charge in [-0.25, -0.2) is 0 Å². The number of carboxylic acid groups (broad SMARTS) is 2. The monoisotopic (exact) mass is 538 g/mol. The number of carbonyl (C=O) groups excluding carboxylic acids is 3. The third-order valence-corrected chi connectivity index (χ3v) is 4.47. The molecule has 0 spiro atoms. The Balaban J connectivity index is 0. The summed E-state index contributed by atoms with van der Waals surface area (Å²) in [6.07, 6.45) is 0.116. The maximum Gasteiger partial charge on any atom is 0.317 e. The lowest BCUT2D eigenvalue weighted by atomic mass is 10.1. The Morgan fingerprint density at radius 2 is 1.39 bits per heavy atom. The minimum atomic E-state index is -1.03. The highest BCUT2D eigenvalue weighted by Gasteiger charge is 2.22. The van der Waals surface area contributed by atoms with Gasteiger partial charge in [0.05, 0.1) is 41.1 Å². The molecule has 2 aromatic rings. The molecule has 1 aliphatic rings. The number of piperidine rings is 1. The van der Waals surface area contributed by atoms with Crippen LogP contribution in [0.1, 0.15) is 26.3 Å². The van der Waals surface area contributed by atoms with Crippen LogP contribution in [-0.4, -0.2) is 83.3 Å². The maximum absolute atomic E-state index is 11.2. The van der Waals surface area contributed by atoms with E-state index in [2.05, 4.69) is 10.7 Å². The van der Waals surface area contributed by atoms with Crippen LogP contribution >= 0.6 is 0 Å². The number of ketones is 2. The molecule has 0 radical (unpaired) electrons. The number of alkyl halides is 1. The number of likely N-dealkylation sites (tertiary alicyclic amines) is 1. The van der Waals surface area contributed by atoms with Crippen LogP contribution in [0, 0.1) is 0 Å². The zero-order chi connectivity index (χ0) is 28.8. The van der Waals surface area contributed by atoms with Gasteiger partial charge in [-0.2, -0.15) is 5.90 Å². The summed E-state index contributed by atoms with van der Waals surface area (Å²) in [6.45, 7) is 1.40. The molecule has 38 heavy (non-hydrogen) atoms. The first-order chi connectivity index (χ1) is 18.1. The minimum absolute atomic E-state index is 0. The zero-order valence-electron chi connectivity index (χ0n) is 21.2. The van der Waals surface area contributed by atoms with Gasteiger partial charge in [0.2, 0.25) is 0 Å². The van der Waals surface area contributed by atoms with E-state index in [4.69, 9.17) is 16.4 Å². The lowest BCUT2D eigenvalue weighted by molar-refractivity contribution is -0.142. The standard InChI is InChI=1S/C12H13NO2.C11H13NO4.CH3F.CH3NO2.CH4/c14-11-6-12(15)9-13(8-11)7-10-4-2-1-3-5-10;13-10(14)7-12(8-11(15)16)6-9-4-2-1-3-5-9;1-2;2-4-1-3;/h1-5H,6-9H2;1-5H,6-8H2,(H,13,14)(H,15,16);1H3;1H,2H2;1H4/i;;1D;;. The van der Waals surface area contributed by atoms with Gasteiger partial charge in [0.15, 0.2) is 11.6 Å². The van der Waals surface area contributed by atoms with Crippen LogP contribution < -0.4 is 5.90 Å². The number of nitrogens with zero attached hydrogens (tertiary/aromatic N) is 2. The van der Waals surface area contributed by atoms with Crippen LogP contribution in [0.4, 0.5) is 4.39 Å². The van der Waals surface area contributed by atoms with E-state index in [0.717, 1.165) is 11.1 Å². The lowest BCUT2D eigenvalue weighted by Crippen LogP contribution is -2.40. The molecule has 210 valence electrons. The topological polar surface area (TPSA) is 168 Å². The van der Waals surface area contributed by atoms with Gasteiger partial charge in [-0.3, -0.25) is 38.2 Å². The second kappa shape index (κ2) is 22.2. The number of benzene rings is 2. The molecule has 1 aliphatic heterocycles. The van der Waals surface area contributed by atoms with Crippen molar-refractivity contribution < 1.29 is 44.8 Å². The van der Waals surface area contributed by atoms with Gasteiger partial charge in [0, 0.05) is 13.1 Å². The predicted octanol–water partition coefficient (Wildman–Crippen LogP) is 1.94. The van der Waals surface area contributed by atoms with Crippen molar-refractivity contribution in [2.45, 2.75) is 26.9 Å². The van der Waals surface area contributed by atoms with Gasteiger partial charge in [-0.05, 0) is 11.1 Å². The highest BCUT2D eigenvalue weighted by molar-refractivity contribution is 6.03. The van der Waals surface area contributed by atoms with Crippen molar-refractivity contribution in [1.29, 1.82) is 0 Å². The van der Waals surface area contributed by atoms with Crippen molar-refractivity contribution in [2.24, 2.45) is 5.90 Å². The lowest BCUT2D eigenvalue weighted by Gasteiger charge is -2.24.